The average molecular weight is 292 g/mol. The van der Waals surface area contributed by atoms with Gasteiger partial charge in [-0.15, -0.1) is 0 Å². The van der Waals surface area contributed by atoms with E-state index in [1.165, 1.54) is 38.5 Å². The number of hydrogen-bond donors (Lipinski definition) is 2. The van der Waals surface area contributed by atoms with E-state index in [0.717, 1.165) is 17.8 Å². The second-order valence-electron chi connectivity index (χ2n) is 8.61. The number of amides is 2. The molecule has 5 fully saturated rings. The maximum absolute atomic E-state index is 12.6. The maximum Gasteiger partial charge on any atom is 0.317 e. The summed E-state index contributed by atoms with van der Waals surface area (Å²) in [5, 5.41) is 13.4. The van der Waals surface area contributed by atoms with E-state index >= 15 is 0 Å². The van der Waals surface area contributed by atoms with Crippen LogP contribution in [0.5, 0.6) is 0 Å². The number of rotatable bonds is 1. The molecular formula is C17H28N2O2. The Morgan fingerprint density at radius 3 is 2.00 bits per heavy atom. The highest BCUT2D eigenvalue weighted by Gasteiger charge is 2.52. The molecule has 2 N–H and O–H groups in total. The molecular weight excluding hydrogens is 264 g/mol. The molecule has 1 aliphatic heterocycles. The predicted molar refractivity (Wildman–Crippen MR) is 80.9 cm³/mol. The molecule has 4 bridgehead atoms. The van der Waals surface area contributed by atoms with Gasteiger partial charge in [-0.2, -0.15) is 0 Å². The van der Waals surface area contributed by atoms with Crippen molar-refractivity contribution in [3.8, 4) is 0 Å². The Bertz CT molecular complexity index is 401. The van der Waals surface area contributed by atoms with Gasteiger partial charge in [-0.3, -0.25) is 0 Å². The van der Waals surface area contributed by atoms with E-state index in [9.17, 15) is 9.90 Å². The van der Waals surface area contributed by atoms with E-state index < -0.39 is 5.60 Å². The second kappa shape index (κ2) is 4.61. The number of carbonyl (C=O) groups is 1. The summed E-state index contributed by atoms with van der Waals surface area (Å²) >= 11 is 0. The zero-order valence-electron chi connectivity index (χ0n) is 13.1. The Morgan fingerprint density at radius 2 is 1.52 bits per heavy atom. The fourth-order valence-electron chi connectivity index (χ4n) is 5.76. The van der Waals surface area contributed by atoms with Gasteiger partial charge in [-0.1, -0.05) is 0 Å². The van der Waals surface area contributed by atoms with E-state index in [1.807, 2.05) is 11.8 Å². The number of piperidine rings is 1. The summed E-state index contributed by atoms with van der Waals surface area (Å²) in [7, 11) is 0. The highest BCUT2D eigenvalue weighted by Crippen LogP contribution is 2.55. The third-order valence-electron chi connectivity index (χ3n) is 6.54. The Kier molecular flexibility index (Phi) is 3.04. The fraction of sp³-hybridized carbons (Fsp3) is 0.941. The minimum Gasteiger partial charge on any atom is -0.390 e. The van der Waals surface area contributed by atoms with Crippen LogP contribution in [0.15, 0.2) is 0 Å². The number of carbonyl (C=O) groups excluding carboxylic acids is 1. The minimum absolute atomic E-state index is 0.103. The molecule has 1 heterocycles. The number of hydrogen-bond acceptors (Lipinski definition) is 2. The molecule has 0 unspecified atom stereocenters. The molecule has 0 spiro atoms. The summed E-state index contributed by atoms with van der Waals surface area (Å²) < 4.78 is 0. The molecule has 0 aromatic heterocycles. The van der Waals surface area contributed by atoms with Gasteiger partial charge < -0.3 is 15.3 Å². The van der Waals surface area contributed by atoms with Gasteiger partial charge in [0.25, 0.3) is 0 Å². The van der Waals surface area contributed by atoms with Crippen LogP contribution in [0.4, 0.5) is 4.79 Å². The Morgan fingerprint density at radius 1 is 1.05 bits per heavy atom. The van der Waals surface area contributed by atoms with Crippen molar-refractivity contribution in [2.75, 3.05) is 13.1 Å². The quantitative estimate of drug-likeness (QED) is 0.780. The Balaban J connectivity index is 1.41. The van der Waals surface area contributed by atoms with Gasteiger partial charge >= 0.3 is 6.03 Å². The van der Waals surface area contributed by atoms with Crippen LogP contribution in [0.1, 0.15) is 58.3 Å². The van der Waals surface area contributed by atoms with Crippen LogP contribution in [0.25, 0.3) is 0 Å². The number of nitrogens with zero attached hydrogens (tertiary/aromatic N) is 1. The normalized spacial score (nSPS) is 43.9. The summed E-state index contributed by atoms with van der Waals surface area (Å²) in [5.41, 5.74) is -0.483. The molecule has 5 rings (SSSR count). The molecule has 118 valence electrons. The maximum atomic E-state index is 12.6. The third kappa shape index (κ3) is 2.56. The van der Waals surface area contributed by atoms with Gasteiger partial charge in [0.05, 0.1) is 5.60 Å². The van der Waals surface area contributed by atoms with E-state index in [4.69, 9.17) is 0 Å². The lowest BCUT2D eigenvalue weighted by Crippen LogP contribution is -2.62. The predicted octanol–water partition coefficient (Wildman–Crippen LogP) is 2.51. The van der Waals surface area contributed by atoms with Crippen molar-refractivity contribution in [2.45, 2.75) is 69.4 Å². The van der Waals surface area contributed by atoms with Crippen LogP contribution < -0.4 is 5.32 Å². The average Bonchev–Trinajstić information content (AvgIpc) is 2.35. The summed E-state index contributed by atoms with van der Waals surface area (Å²) in [6.07, 6.45) is 9.22. The molecule has 0 radical (unpaired) electrons. The summed E-state index contributed by atoms with van der Waals surface area (Å²) in [6.45, 7) is 3.25. The highest BCUT2D eigenvalue weighted by molar-refractivity contribution is 5.75. The minimum atomic E-state index is -0.586. The van der Waals surface area contributed by atoms with Crippen molar-refractivity contribution in [1.29, 1.82) is 0 Å². The van der Waals surface area contributed by atoms with Crippen LogP contribution in [-0.4, -0.2) is 40.3 Å². The molecule has 4 heteroatoms. The van der Waals surface area contributed by atoms with Crippen LogP contribution in [0.2, 0.25) is 0 Å². The molecule has 0 atom stereocenters. The first-order valence-electron chi connectivity index (χ1n) is 8.73. The summed E-state index contributed by atoms with van der Waals surface area (Å²) in [6, 6.07) is 0.118. The van der Waals surface area contributed by atoms with Crippen molar-refractivity contribution in [3.63, 3.8) is 0 Å². The molecule has 0 aromatic rings. The van der Waals surface area contributed by atoms with Crippen molar-refractivity contribution >= 4 is 6.03 Å². The van der Waals surface area contributed by atoms with Gasteiger partial charge in [-0.05, 0) is 76.0 Å². The van der Waals surface area contributed by atoms with Crippen molar-refractivity contribution in [2.24, 2.45) is 17.8 Å². The van der Waals surface area contributed by atoms with E-state index in [-0.39, 0.29) is 11.6 Å². The summed E-state index contributed by atoms with van der Waals surface area (Å²) in [5.74, 6) is 2.58. The van der Waals surface area contributed by atoms with Crippen LogP contribution in [0.3, 0.4) is 0 Å². The van der Waals surface area contributed by atoms with Crippen molar-refractivity contribution < 1.29 is 9.90 Å². The standard InChI is InChI=1S/C17H28N2O2/c1-16(21)2-4-19(5-3-16)15(20)18-17-9-12-6-13(10-17)8-14(7-12)11-17/h12-14,21H,2-11H2,1H3,(H,18,20). The SMILES string of the molecule is CC1(O)CCN(C(=O)NC23CC4CC(CC(C4)C2)C3)CC1. The van der Waals surface area contributed by atoms with E-state index in [0.29, 0.717) is 25.9 Å². The number of urea groups is 1. The zero-order chi connectivity index (χ0) is 14.7. The fourth-order valence-corrected chi connectivity index (χ4v) is 5.76. The second-order valence-corrected chi connectivity index (χ2v) is 8.61. The lowest BCUT2D eigenvalue weighted by atomic mass is 9.53. The van der Waals surface area contributed by atoms with Gasteiger partial charge in [0.1, 0.15) is 0 Å². The molecule has 2 amide bonds. The zero-order valence-corrected chi connectivity index (χ0v) is 13.1. The Labute approximate surface area is 127 Å². The van der Waals surface area contributed by atoms with Gasteiger partial charge in [-0.25, -0.2) is 4.79 Å². The van der Waals surface area contributed by atoms with Gasteiger partial charge in [0.2, 0.25) is 0 Å². The highest BCUT2D eigenvalue weighted by atomic mass is 16.3. The molecule has 4 nitrogen and oxygen atoms in total. The number of nitrogens with one attached hydrogen (secondary N) is 1. The number of likely N-dealkylation sites (tertiary alicyclic amines) is 1. The van der Waals surface area contributed by atoms with Gasteiger partial charge in [0.15, 0.2) is 0 Å². The molecule has 4 aliphatic carbocycles. The van der Waals surface area contributed by atoms with Crippen molar-refractivity contribution in [3.05, 3.63) is 0 Å². The molecule has 1 saturated heterocycles. The van der Waals surface area contributed by atoms with Crippen molar-refractivity contribution in [1.82, 2.24) is 10.2 Å². The largest absolute Gasteiger partial charge is 0.390 e. The summed E-state index contributed by atoms with van der Waals surface area (Å²) in [4.78, 5) is 14.5. The van der Waals surface area contributed by atoms with Gasteiger partial charge in [0, 0.05) is 18.6 Å². The first-order chi connectivity index (χ1) is 9.93. The third-order valence-corrected chi connectivity index (χ3v) is 6.54. The van der Waals surface area contributed by atoms with Crippen LogP contribution in [0, 0.1) is 17.8 Å². The Hall–Kier alpha value is -0.770. The smallest absolute Gasteiger partial charge is 0.317 e. The first kappa shape index (κ1) is 13.9. The van der Waals surface area contributed by atoms with E-state index in [2.05, 4.69) is 5.32 Å². The molecule has 0 aromatic carbocycles. The van der Waals surface area contributed by atoms with Crippen LogP contribution >= 0.6 is 0 Å². The van der Waals surface area contributed by atoms with Crippen LogP contribution in [-0.2, 0) is 0 Å². The topological polar surface area (TPSA) is 52.6 Å². The molecule has 21 heavy (non-hydrogen) atoms. The number of aliphatic hydroxyl groups is 1. The molecule has 5 aliphatic rings. The first-order valence-corrected chi connectivity index (χ1v) is 8.73. The monoisotopic (exact) mass is 292 g/mol. The lowest BCUT2D eigenvalue weighted by molar-refractivity contribution is -0.0210. The molecule has 4 saturated carbocycles. The van der Waals surface area contributed by atoms with E-state index in [1.54, 1.807) is 0 Å². The lowest BCUT2D eigenvalue weighted by Gasteiger charge is -2.57.